The first-order valence-corrected chi connectivity index (χ1v) is 10.1. The van der Waals surface area contributed by atoms with Crippen molar-refractivity contribution in [1.29, 1.82) is 0 Å². The summed E-state index contributed by atoms with van der Waals surface area (Å²) < 4.78 is 14.1. The van der Waals surface area contributed by atoms with Crippen molar-refractivity contribution < 1.29 is 4.39 Å². The summed E-state index contributed by atoms with van der Waals surface area (Å²) in [6.07, 6.45) is 2.37. The van der Waals surface area contributed by atoms with Crippen LogP contribution < -0.4 is 4.90 Å². The van der Waals surface area contributed by atoms with Crippen LogP contribution in [0.2, 0.25) is 15.2 Å². The molecule has 1 aliphatic rings. The fourth-order valence-electron chi connectivity index (χ4n) is 3.96. The van der Waals surface area contributed by atoms with Crippen molar-refractivity contribution in [3.63, 3.8) is 0 Å². The van der Waals surface area contributed by atoms with Crippen LogP contribution in [0.4, 0.5) is 10.3 Å². The van der Waals surface area contributed by atoms with Crippen LogP contribution in [0.1, 0.15) is 22.9 Å². The van der Waals surface area contributed by atoms with Crippen molar-refractivity contribution in [2.24, 2.45) is 0 Å². The number of halogens is 4. The van der Waals surface area contributed by atoms with Gasteiger partial charge in [-0.3, -0.25) is 0 Å². The molecule has 2 aromatic heterocycles. The molecule has 1 atom stereocenters. The molecule has 0 radical (unpaired) electrons. The van der Waals surface area contributed by atoms with Gasteiger partial charge in [-0.25, -0.2) is 14.4 Å². The summed E-state index contributed by atoms with van der Waals surface area (Å²) in [5.41, 5.74) is 3.79. The van der Waals surface area contributed by atoms with Gasteiger partial charge in [0.25, 0.3) is 0 Å². The molecule has 0 fully saturated rings. The van der Waals surface area contributed by atoms with E-state index >= 15 is 0 Å². The number of rotatable bonds is 2. The Balaban J connectivity index is 1.73. The maximum atomic E-state index is 14.1. The lowest BCUT2D eigenvalue weighted by atomic mass is 9.92. The second-order valence-corrected chi connectivity index (χ2v) is 8.14. The maximum Gasteiger partial charge on any atom is 0.227 e. The largest absolute Gasteiger partial charge is 0.356 e. The summed E-state index contributed by atoms with van der Waals surface area (Å²) in [7, 11) is 0. The molecule has 1 N–H and O–H groups in total. The average molecular weight is 448 g/mol. The number of benzene rings is 2. The molecule has 2 aromatic carbocycles. The Kier molecular flexibility index (Phi) is 4.62. The molecule has 8 heteroatoms. The van der Waals surface area contributed by atoms with E-state index in [1.165, 1.54) is 6.07 Å². The summed E-state index contributed by atoms with van der Waals surface area (Å²) in [5, 5.41) is 2.07. The van der Waals surface area contributed by atoms with Crippen LogP contribution >= 0.6 is 34.8 Å². The van der Waals surface area contributed by atoms with Gasteiger partial charge < -0.3 is 9.88 Å². The van der Waals surface area contributed by atoms with Crippen molar-refractivity contribution in [2.75, 3.05) is 11.4 Å². The fourth-order valence-corrected chi connectivity index (χ4v) is 4.38. The Hall–Kier alpha value is -2.34. The zero-order valence-electron chi connectivity index (χ0n) is 15.0. The van der Waals surface area contributed by atoms with Crippen molar-refractivity contribution in [3.8, 4) is 0 Å². The Morgan fingerprint density at radius 2 is 1.86 bits per heavy atom. The van der Waals surface area contributed by atoms with Crippen LogP contribution in [0, 0.1) is 5.82 Å². The zero-order valence-corrected chi connectivity index (χ0v) is 17.2. The summed E-state index contributed by atoms with van der Waals surface area (Å²) in [5.74, 6) is 0.0850. The smallest absolute Gasteiger partial charge is 0.227 e. The lowest BCUT2D eigenvalue weighted by Crippen LogP contribution is -2.37. The number of aromatic amines is 1. The molecule has 29 heavy (non-hydrogen) atoms. The second kappa shape index (κ2) is 7.17. The summed E-state index contributed by atoms with van der Waals surface area (Å²) in [6, 6.07) is 12.2. The first kappa shape index (κ1) is 18.7. The Labute approximate surface area is 181 Å². The highest BCUT2D eigenvalue weighted by Gasteiger charge is 2.33. The predicted octanol–water partition coefficient (Wildman–Crippen LogP) is 6.21. The van der Waals surface area contributed by atoms with Gasteiger partial charge in [-0.15, -0.1) is 0 Å². The standard InChI is InChI=1S/C21H14Cl3FN4/c22-12-3-1-11(2-4-12)20-19-13(14-9-15(23)16(25)10-17(14)27-19)6-8-29(20)21-26-7-5-18(24)28-21/h1-5,7,9-10,20,27H,6,8H2. The third-order valence-electron chi connectivity index (χ3n) is 5.22. The summed E-state index contributed by atoms with van der Waals surface area (Å²) in [4.78, 5) is 14.3. The number of hydrogen-bond acceptors (Lipinski definition) is 3. The molecule has 0 saturated carbocycles. The van der Waals surface area contributed by atoms with Crippen LogP contribution in [0.5, 0.6) is 0 Å². The van der Waals surface area contributed by atoms with E-state index in [1.807, 2.05) is 24.3 Å². The Morgan fingerprint density at radius 3 is 2.62 bits per heavy atom. The first-order valence-electron chi connectivity index (χ1n) is 9.01. The Bertz CT molecular complexity index is 1220. The van der Waals surface area contributed by atoms with Gasteiger partial charge in [0.1, 0.15) is 11.0 Å². The number of H-pyrrole nitrogens is 1. The van der Waals surface area contributed by atoms with E-state index in [1.54, 1.807) is 18.3 Å². The predicted molar refractivity (Wildman–Crippen MR) is 115 cm³/mol. The number of nitrogens with zero attached hydrogens (tertiary/aromatic N) is 3. The average Bonchev–Trinajstić information content (AvgIpc) is 3.06. The zero-order chi connectivity index (χ0) is 20.1. The van der Waals surface area contributed by atoms with Gasteiger partial charge in [0.05, 0.1) is 11.1 Å². The maximum absolute atomic E-state index is 14.1. The number of aromatic nitrogens is 3. The number of anilines is 1. The molecule has 0 bridgehead atoms. The van der Waals surface area contributed by atoms with Crippen LogP contribution in [-0.2, 0) is 6.42 Å². The third-order valence-corrected chi connectivity index (χ3v) is 5.97. The number of hydrogen-bond donors (Lipinski definition) is 1. The van der Waals surface area contributed by atoms with E-state index in [2.05, 4.69) is 19.9 Å². The minimum Gasteiger partial charge on any atom is -0.356 e. The number of fused-ring (bicyclic) bond motifs is 3. The highest BCUT2D eigenvalue weighted by atomic mass is 35.5. The van der Waals surface area contributed by atoms with E-state index in [0.717, 1.165) is 28.6 Å². The van der Waals surface area contributed by atoms with Crippen LogP contribution in [0.25, 0.3) is 10.9 Å². The summed E-state index contributed by atoms with van der Waals surface area (Å²) in [6.45, 7) is 0.669. The van der Waals surface area contributed by atoms with Gasteiger partial charge in [-0.1, -0.05) is 46.9 Å². The van der Waals surface area contributed by atoms with Crippen LogP contribution in [0.15, 0.2) is 48.7 Å². The quantitative estimate of drug-likeness (QED) is 0.372. The lowest BCUT2D eigenvalue weighted by Gasteiger charge is -2.36. The Morgan fingerprint density at radius 1 is 1.07 bits per heavy atom. The van der Waals surface area contributed by atoms with E-state index in [9.17, 15) is 4.39 Å². The van der Waals surface area contributed by atoms with Crippen LogP contribution in [0.3, 0.4) is 0 Å². The monoisotopic (exact) mass is 446 g/mol. The lowest BCUT2D eigenvalue weighted by molar-refractivity contribution is 0.626. The molecule has 1 aliphatic heterocycles. The molecule has 0 aliphatic carbocycles. The molecule has 0 spiro atoms. The first-order chi connectivity index (χ1) is 14.0. The van der Waals surface area contributed by atoms with Gasteiger partial charge in [-0.2, -0.15) is 0 Å². The molecule has 5 rings (SSSR count). The highest BCUT2D eigenvalue weighted by molar-refractivity contribution is 6.31. The molecule has 4 nitrogen and oxygen atoms in total. The molecular formula is C21H14Cl3FN4. The summed E-state index contributed by atoms with van der Waals surface area (Å²) >= 11 is 18.3. The molecule has 3 heterocycles. The minimum atomic E-state index is -0.448. The fraction of sp³-hybridized carbons (Fsp3) is 0.143. The van der Waals surface area contributed by atoms with Crippen molar-refractivity contribution in [1.82, 2.24) is 15.0 Å². The third kappa shape index (κ3) is 3.23. The number of nitrogens with one attached hydrogen (secondary N) is 1. The molecule has 0 saturated heterocycles. The topological polar surface area (TPSA) is 44.8 Å². The van der Waals surface area contributed by atoms with Gasteiger partial charge in [-0.05, 0) is 47.9 Å². The second-order valence-electron chi connectivity index (χ2n) is 6.91. The van der Waals surface area contributed by atoms with Gasteiger partial charge in [0.2, 0.25) is 5.95 Å². The molecule has 1 unspecified atom stereocenters. The molecule has 146 valence electrons. The van der Waals surface area contributed by atoms with E-state index < -0.39 is 5.82 Å². The van der Waals surface area contributed by atoms with E-state index in [-0.39, 0.29) is 11.1 Å². The highest BCUT2D eigenvalue weighted by Crippen LogP contribution is 2.41. The molecule has 0 amide bonds. The van der Waals surface area contributed by atoms with Gasteiger partial charge >= 0.3 is 0 Å². The molecular weight excluding hydrogens is 434 g/mol. The van der Waals surface area contributed by atoms with Crippen LogP contribution in [-0.4, -0.2) is 21.5 Å². The minimum absolute atomic E-state index is 0.114. The molecule has 4 aromatic rings. The van der Waals surface area contributed by atoms with Gasteiger partial charge in [0, 0.05) is 34.4 Å². The van der Waals surface area contributed by atoms with E-state index in [0.29, 0.717) is 28.2 Å². The van der Waals surface area contributed by atoms with Crippen molar-refractivity contribution in [2.45, 2.75) is 12.5 Å². The normalized spacial score (nSPS) is 16.3. The SMILES string of the molecule is Fc1cc2[nH]c3c(c2cc1Cl)CCN(c1nccc(Cl)n1)C3c1ccc(Cl)cc1. The van der Waals surface area contributed by atoms with E-state index in [4.69, 9.17) is 34.8 Å². The van der Waals surface area contributed by atoms with Crippen molar-refractivity contribution in [3.05, 3.63) is 86.5 Å². The van der Waals surface area contributed by atoms with Gasteiger partial charge in [0.15, 0.2) is 0 Å². The van der Waals surface area contributed by atoms with Crippen molar-refractivity contribution >= 4 is 51.7 Å².